The van der Waals surface area contributed by atoms with Crippen molar-refractivity contribution in [3.8, 4) is 16.3 Å². The molecule has 98 valence electrons. The molecule has 6 heteroatoms. The van der Waals surface area contributed by atoms with Crippen molar-refractivity contribution >= 4 is 22.1 Å². The second kappa shape index (κ2) is 4.55. The highest BCUT2D eigenvalue weighted by Crippen LogP contribution is 2.27. The van der Waals surface area contributed by atoms with Gasteiger partial charge in [-0.15, -0.1) is 0 Å². The van der Waals surface area contributed by atoms with E-state index in [1.807, 2.05) is 38.1 Å². The third-order valence-electron chi connectivity index (χ3n) is 2.53. The first kappa shape index (κ1) is 12.0. The van der Waals surface area contributed by atoms with Crippen LogP contribution in [0.15, 0.2) is 30.5 Å². The van der Waals surface area contributed by atoms with Crippen LogP contribution in [-0.4, -0.2) is 20.7 Å². The maximum atomic E-state index is 5.61. The van der Waals surface area contributed by atoms with Gasteiger partial charge in [-0.25, -0.2) is 9.50 Å². The number of benzene rings is 1. The molecule has 2 heterocycles. The molecule has 0 saturated carbocycles. The number of rotatable bonds is 3. The van der Waals surface area contributed by atoms with Gasteiger partial charge in [-0.05, 0) is 38.1 Å². The van der Waals surface area contributed by atoms with Crippen molar-refractivity contribution in [3.05, 3.63) is 30.5 Å². The van der Waals surface area contributed by atoms with Crippen LogP contribution >= 0.6 is 11.3 Å². The highest BCUT2D eigenvalue weighted by atomic mass is 32.1. The summed E-state index contributed by atoms with van der Waals surface area (Å²) >= 11 is 1.51. The summed E-state index contributed by atoms with van der Waals surface area (Å²) in [7, 11) is 0. The number of hydrogen-bond acceptors (Lipinski definition) is 5. The van der Waals surface area contributed by atoms with Crippen LogP contribution < -0.4 is 10.5 Å². The van der Waals surface area contributed by atoms with E-state index in [2.05, 4.69) is 10.1 Å². The summed E-state index contributed by atoms with van der Waals surface area (Å²) in [4.78, 5) is 4.99. The van der Waals surface area contributed by atoms with E-state index in [1.54, 1.807) is 10.7 Å². The van der Waals surface area contributed by atoms with Crippen LogP contribution in [-0.2, 0) is 0 Å². The monoisotopic (exact) mass is 274 g/mol. The number of hydrogen-bond donors (Lipinski definition) is 1. The zero-order valence-corrected chi connectivity index (χ0v) is 11.5. The highest BCUT2D eigenvalue weighted by molar-refractivity contribution is 7.19. The number of fused-ring (bicyclic) bond motifs is 1. The van der Waals surface area contributed by atoms with Gasteiger partial charge in [0.2, 0.25) is 4.96 Å². The summed E-state index contributed by atoms with van der Waals surface area (Å²) in [6.07, 6.45) is 1.89. The van der Waals surface area contributed by atoms with Crippen molar-refractivity contribution in [2.45, 2.75) is 20.0 Å². The number of anilines is 1. The number of imidazole rings is 1. The summed E-state index contributed by atoms with van der Waals surface area (Å²) in [5, 5.41) is 5.36. The van der Waals surface area contributed by atoms with Crippen molar-refractivity contribution in [2.75, 3.05) is 5.73 Å². The van der Waals surface area contributed by atoms with Crippen molar-refractivity contribution < 1.29 is 4.74 Å². The Morgan fingerprint density at radius 2 is 2.00 bits per heavy atom. The van der Waals surface area contributed by atoms with E-state index in [9.17, 15) is 0 Å². The van der Waals surface area contributed by atoms with Crippen LogP contribution in [0.25, 0.3) is 15.5 Å². The minimum absolute atomic E-state index is 0.178. The van der Waals surface area contributed by atoms with Gasteiger partial charge in [0.15, 0.2) is 0 Å². The molecule has 0 spiro atoms. The van der Waals surface area contributed by atoms with Crippen LogP contribution in [0.1, 0.15) is 13.8 Å². The number of nitrogens with zero attached hydrogens (tertiary/aromatic N) is 3. The van der Waals surface area contributed by atoms with Crippen LogP contribution in [0.2, 0.25) is 0 Å². The number of ether oxygens (including phenoxy) is 1. The second-order valence-electron chi connectivity index (χ2n) is 4.49. The van der Waals surface area contributed by atoms with Gasteiger partial charge in [0.05, 0.1) is 12.3 Å². The summed E-state index contributed by atoms with van der Waals surface area (Å²) in [6.45, 7) is 4.02. The predicted octanol–water partition coefficient (Wildman–Crippen LogP) is 2.83. The topological polar surface area (TPSA) is 65.4 Å². The molecule has 0 fully saturated rings. The Morgan fingerprint density at radius 3 is 2.63 bits per heavy atom. The first-order chi connectivity index (χ1) is 9.11. The number of aromatic nitrogens is 3. The molecule has 2 aromatic heterocycles. The standard InChI is InChI=1S/C13H14N4OS/c1-8(2)18-10-5-3-9(4-6-10)12-16-17-7-11(14)15-13(17)19-12/h3-8H,14H2,1-2H3. The lowest BCUT2D eigenvalue weighted by atomic mass is 10.2. The van der Waals surface area contributed by atoms with Gasteiger partial charge >= 0.3 is 0 Å². The van der Waals surface area contributed by atoms with E-state index in [0.29, 0.717) is 5.82 Å². The molecule has 1 aromatic carbocycles. The largest absolute Gasteiger partial charge is 0.491 e. The van der Waals surface area contributed by atoms with Gasteiger partial charge in [-0.3, -0.25) is 0 Å². The molecule has 2 N–H and O–H groups in total. The molecule has 3 rings (SSSR count). The molecule has 19 heavy (non-hydrogen) atoms. The quantitative estimate of drug-likeness (QED) is 0.797. The lowest BCUT2D eigenvalue weighted by molar-refractivity contribution is 0.242. The van der Waals surface area contributed by atoms with Crippen molar-refractivity contribution in [1.29, 1.82) is 0 Å². The Bertz CT molecular complexity index is 668. The van der Waals surface area contributed by atoms with E-state index in [0.717, 1.165) is 21.3 Å². The van der Waals surface area contributed by atoms with Gasteiger partial charge in [0.25, 0.3) is 0 Å². The van der Waals surface area contributed by atoms with Gasteiger partial charge in [0, 0.05) is 5.56 Å². The fraction of sp³-hybridized carbons (Fsp3) is 0.231. The molecular formula is C13H14N4OS. The average Bonchev–Trinajstić information content (AvgIpc) is 2.86. The second-order valence-corrected chi connectivity index (χ2v) is 5.45. The molecule has 0 aliphatic rings. The van der Waals surface area contributed by atoms with Gasteiger partial charge in [-0.1, -0.05) is 11.3 Å². The van der Waals surface area contributed by atoms with Gasteiger partial charge in [-0.2, -0.15) is 5.10 Å². The maximum absolute atomic E-state index is 5.61. The molecule has 5 nitrogen and oxygen atoms in total. The Hall–Kier alpha value is -2.08. The highest BCUT2D eigenvalue weighted by Gasteiger charge is 2.08. The summed E-state index contributed by atoms with van der Waals surface area (Å²) in [5.74, 6) is 1.36. The maximum Gasteiger partial charge on any atom is 0.214 e. The van der Waals surface area contributed by atoms with E-state index >= 15 is 0 Å². The average molecular weight is 274 g/mol. The minimum Gasteiger partial charge on any atom is -0.491 e. The van der Waals surface area contributed by atoms with Gasteiger partial charge in [0.1, 0.15) is 16.6 Å². The number of nitrogens with two attached hydrogens (primary N) is 1. The third-order valence-corrected chi connectivity index (χ3v) is 3.51. The molecule has 0 bridgehead atoms. The summed E-state index contributed by atoms with van der Waals surface area (Å²) in [6, 6.07) is 7.90. The third kappa shape index (κ3) is 2.39. The van der Waals surface area contributed by atoms with Crippen LogP contribution in [0.5, 0.6) is 5.75 Å². The summed E-state index contributed by atoms with van der Waals surface area (Å²) in [5.41, 5.74) is 6.65. The minimum atomic E-state index is 0.178. The Kier molecular flexibility index (Phi) is 2.87. The zero-order chi connectivity index (χ0) is 13.4. The fourth-order valence-electron chi connectivity index (χ4n) is 1.78. The summed E-state index contributed by atoms with van der Waals surface area (Å²) < 4.78 is 7.32. The van der Waals surface area contributed by atoms with Crippen LogP contribution in [0, 0.1) is 0 Å². The molecule has 0 amide bonds. The molecule has 0 radical (unpaired) electrons. The SMILES string of the molecule is CC(C)Oc1ccc(-c2nn3cc(N)nc3s2)cc1. The lowest BCUT2D eigenvalue weighted by Gasteiger charge is -2.09. The normalized spacial score (nSPS) is 11.3. The van der Waals surface area contributed by atoms with E-state index in [4.69, 9.17) is 10.5 Å². The molecule has 0 saturated heterocycles. The van der Waals surface area contributed by atoms with Crippen LogP contribution in [0.4, 0.5) is 5.82 Å². The molecule has 0 aliphatic heterocycles. The van der Waals surface area contributed by atoms with E-state index in [-0.39, 0.29) is 6.10 Å². The first-order valence-electron chi connectivity index (χ1n) is 6.00. The van der Waals surface area contributed by atoms with E-state index in [1.165, 1.54) is 11.3 Å². The number of nitrogen functional groups attached to an aromatic ring is 1. The smallest absolute Gasteiger partial charge is 0.214 e. The molecule has 0 aliphatic carbocycles. The predicted molar refractivity (Wildman–Crippen MR) is 76.5 cm³/mol. The Balaban J connectivity index is 1.90. The van der Waals surface area contributed by atoms with Crippen molar-refractivity contribution in [2.24, 2.45) is 0 Å². The fourth-order valence-corrected chi connectivity index (χ4v) is 2.68. The lowest BCUT2D eigenvalue weighted by Crippen LogP contribution is -2.05. The Morgan fingerprint density at radius 1 is 1.26 bits per heavy atom. The zero-order valence-electron chi connectivity index (χ0n) is 10.7. The Labute approximate surface area is 114 Å². The molecular weight excluding hydrogens is 260 g/mol. The van der Waals surface area contributed by atoms with Crippen molar-refractivity contribution in [1.82, 2.24) is 14.6 Å². The molecule has 0 unspecified atom stereocenters. The van der Waals surface area contributed by atoms with E-state index < -0.39 is 0 Å². The first-order valence-corrected chi connectivity index (χ1v) is 6.82. The molecule has 0 atom stereocenters. The van der Waals surface area contributed by atoms with Crippen molar-refractivity contribution in [3.63, 3.8) is 0 Å². The van der Waals surface area contributed by atoms with Gasteiger partial charge < -0.3 is 10.5 Å². The molecule has 3 aromatic rings. The van der Waals surface area contributed by atoms with Crippen LogP contribution in [0.3, 0.4) is 0 Å².